The Bertz CT molecular complexity index is 629. The molecule has 0 atom stereocenters. The highest BCUT2D eigenvalue weighted by Crippen LogP contribution is 2.24. The van der Waals surface area contributed by atoms with Gasteiger partial charge in [-0.3, -0.25) is 4.79 Å². The zero-order valence-electron chi connectivity index (χ0n) is 18.4. The standard InChI is InChI=1S/C19H38O3Si4/c1-18(2,3)23-21-25(7,8)16-12-11-15(14-20)13-17(16)26(9,10)22-24-19(4,5)6/h11-14H,23-24H2,1-10H3. The molecule has 0 radical (unpaired) electrons. The van der Waals surface area contributed by atoms with Crippen molar-refractivity contribution in [3.8, 4) is 0 Å². The van der Waals surface area contributed by atoms with Gasteiger partial charge in [0.05, 0.1) is 0 Å². The first-order valence-electron chi connectivity index (χ1n) is 9.46. The third-order valence-electron chi connectivity index (χ3n) is 4.21. The Labute approximate surface area is 167 Å². The Morgan fingerprint density at radius 2 is 1.23 bits per heavy atom. The lowest BCUT2D eigenvalue weighted by Crippen LogP contribution is -2.62. The van der Waals surface area contributed by atoms with Crippen molar-refractivity contribution >= 4 is 52.8 Å². The van der Waals surface area contributed by atoms with Crippen LogP contribution in [0.2, 0.25) is 36.3 Å². The fourth-order valence-corrected chi connectivity index (χ4v) is 14.5. The van der Waals surface area contributed by atoms with E-state index in [4.69, 9.17) is 8.23 Å². The quantitative estimate of drug-likeness (QED) is 0.497. The second kappa shape index (κ2) is 8.36. The maximum absolute atomic E-state index is 11.4. The van der Waals surface area contributed by atoms with Crippen LogP contribution in [0, 0.1) is 0 Å². The van der Waals surface area contributed by atoms with Gasteiger partial charge < -0.3 is 8.23 Å². The van der Waals surface area contributed by atoms with Crippen LogP contribution < -0.4 is 10.4 Å². The van der Waals surface area contributed by atoms with Crippen LogP contribution in [0.3, 0.4) is 0 Å². The van der Waals surface area contributed by atoms with Gasteiger partial charge in [-0.15, -0.1) is 0 Å². The molecule has 0 spiro atoms. The normalized spacial score (nSPS) is 14.7. The van der Waals surface area contributed by atoms with Gasteiger partial charge in [0.2, 0.25) is 16.6 Å². The van der Waals surface area contributed by atoms with Gasteiger partial charge >= 0.3 is 0 Å². The molecule has 1 rings (SSSR count). The summed E-state index contributed by atoms with van der Waals surface area (Å²) in [6.45, 7) is 22.7. The van der Waals surface area contributed by atoms with Gasteiger partial charge in [0.25, 0.3) is 0 Å². The molecule has 3 nitrogen and oxygen atoms in total. The highest BCUT2D eigenvalue weighted by molar-refractivity contribution is 6.96. The highest BCUT2D eigenvalue weighted by Gasteiger charge is 2.37. The van der Waals surface area contributed by atoms with E-state index >= 15 is 0 Å². The fourth-order valence-electron chi connectivity index (χ4n) is 2.61. The summed E-state index contributed by atoms with van der Waals surface area (Å²) in [5.74, 6) is 0. The molecular weight excluding hydrogens is 389 g/mol. The second-order valence-corrected chi connectivity index (χ2v) is 24.9. The van der Waals surface area contributed by atoms with Crippen LogP contribution in [-0.4, -0.2) is 42.4 Å². The molecule has 0 fully saturated rings. The van der Waals surface area contributed by atoms with E-state index in [-0.39, 0.29) is 10.1 Å². The summed E-state index contributed by atoms with van der Waals surface area (Å²) < 4.78 is 13.2. The number of carbonyl (C=O) groups is 1. The van der Waals surface area contributed by atoms with Crippen LogP contribution in [0.5, 0.6) is 0 Å². The zero-order valence-corrected chi connectivity index (χ0v) is 23.3. The zero-order chi connectivity index (χ0) is 20.4. The van der Waals surface area contributed by atoms with Crippen molar-refractivity contribution in [3.63, 3.8) is 0 Å². The van der Waals surface area contributed by atoms with E-state index in [1.165, 1.54) is 10.4 Å². The minimum absolute atomic E-state index is 0.259. The van der Waals surface area contributed by atoms with Crippen LogP contribution in [0.15, 0.2) is 18.2 Å². The molecule has 0 aliphatic heterocycles. The molecule has 0 amide bonds. The summed E-state index contributed by atoms with van der Waals surface area (Å²) in [4.78, 5) is 11.4. The van der Waals surface area contributed by atoms with Gasteiger partial charge in [-0.05, 0) is 46.6 Å². The molecule has 0 aliphatic rings. The Morgan fingerprint density at radius 1 is 0.808 bits per heavy atom. The van der Waals surface area contributed by atoms with Gasteiger partial charge in [-0.2, -0.15) is 0 Å². The molecule has 0 heterocycles. The van der Waals surface area contributed by atoms with E-state index < -0.39 is 36.2 Å². The summed E-state index contributed by atoms with van der Waals surface area (Å²) in [7, 11) is -5.42. The first kappa shape index (κ1) is 23.7. The molecule has 7 heteroatoms. The summed E-state index contributed by atoms with van der Waals surface area (Å²) in [6.07, 6.45) is 0.943. The van der Waals surface area contributed by atoms with Gasteiger partial charge in [0.15, 0.2) is 19.5 Å². The number of aldehydes is 1. The molecule has 1 aromatic rings. The molecule has 0 aromatic heterocycles. The molecule has 0 saturated heterocycles. The lowest BCUT2D eigenvalue weighted by molar-refractivity contribution is 0.112. The van der Waals surface area contributed by atoms with Crippen LogP contribution in [0.25, 0.3) is 0 Å². The minimum atomic E-state index is -2.09. The Morgan fingerprint density at radius 3 is 1.62 bits per heavy atom. The second-order valence-electron chi connectivity index (χ2n) is 10.6. The number of rotatable bonds is 7. The van der Waals surface area contributed by atoms with Gasteiger partial charge in [0, 0.05) is 5.56 Å². The lowest BCUT2D eigenvalue weighted by Gasteiger charge is -2.35. The first-order chi connectivity index (χ1) is 11.6. The van der Waals surface area contributed by atoms with Crippen LogP contribution >= 0.6 is 0 Å². The van der Waals surface area contributed by atoms with Crippen molar-refractivity contribution < 1.29 is 13.0 Å². The molecule has 0 saturated carbocycles. The van der Waals surface area contributed by atoms with E-state index in [9.17, 15) is 4.79 Å². The molecule has 148 valence electrons. The van der Waals surface area contributed by atoms with E-state index in [0.29, 0.717) is 0 Å². The summed E-state index contributed by atoms with van der Waals surface area (Å²) in [5.41, 5.74) is 0.739. The number of benzene rings is 1. The summed E-state index contributed by atoms with van der Waals surface area (Å²) in [5, 5.41) is 3.11. The largest absolute Gasteiger partial charge is 0.457 e. The predicted octanol–water partition coefficient (Wildman–Crippen LogP) is 2.96. The third-order valence-corrected chi connectivity index (χ3v) is 16.6. The van der Waals surface area contributed by atoms with Crippen LogP contribution in [0.4, 0.5) is 0 Å². The maximum Gasteiger partial charge on any atom is 0.205 e. The van der Waals surface area contributed by atoms with Crippen molar-refractivity contribution in [2.45, 2.75) is 77.8 Å². The average molecular weight is 427 g/mol. The van der Waals surface area contributed by atoms with Gasteiger partial charge in [-0.25, -0.2) is 0 Å². The van der Waals surface area contributed by atoms with E-state index in [1.54, 1.807) is 0 Å². The van der Waals surface area contributed by atoms with Gasteiger partial charge in [0.1, 0.15) is 6.29 Å². The highest BCUT2D eigenvalue weighted by atomic mass is 28.4. The maximum atomic E-state index is 11.4. The van der Waals surface area contributed by atoms with E-state index in [0.717, 1.165) is 11.8 Å². The average Bonchev–Trinajstić information content (AvgIpc) is 2.49. The molecule has 1 aromatic carbocycles. The summed E-state index contributed by atoms with van der Waals surface area (Å²) in [6, 6.07) is 6.15. The van der Waals surface area contributed by atoms with Crippen molar-refractivity contribution in [2.75, 3.05) is 0 Å². The van der Waals surface area contributed by atoms with Crippen molar-refractivity contribution in [2.24, 2.45) is 0 Å². The third kappa shape index (κ3) is 7.36. The number of hydrogen-bond donors (Lipinski definition) is 0. The summed E-state index contributed by atoms with van der Waals surface area (Å²) >= 11 is 0. The molecule has 0 unspecified atom stereocenters. The molecule has 0 aliphatic carbocycles. The number of hydrogen-bond acceptors (Lipinski definition) is 3. The van der Waals surface area contributed by atoms with E-state index in [2.05, 4.69) is 79.9 Å². The lowest BCUT2D eigenvalue weighted by atomic mass is 10.2. The van der Waals surface area contributed by atoms with Gasteiger partial charge in [-0.1, -0.05) is 59.7 Å². The van der Waals surface area contributed by atoms with Crippen LogP contribution in [-0.2, 0) is 8.23 Å². The van der Waals surface area contributed by atoms with Crippen LogP contribution in [0.1, 0.15) is 51.9 Å². The van der Waals surface area contributed by atoms with Crippen molar-refractivity contribution in [1.29, 1.82) is 0 Å². The monoisotopic (exact) mass is 426 g/mol. The smallest absolute Gasteiger partial charge is 0.205 e. The minimum Gasteiger partial charge on any atom is -0.457 e. The SMILES string of the molecule is CC(C)(C)[SiH2]O[Si](C)(C)c1ccc(C=O)cc1[Si](C)(C)O[SiH2]C(C)(C)C. The Hall–Kier alpha value is -0.322. The first-order valence-corrected chi connectivity index (χ1v) is 17.8. The molecule has 26 heavy (non-hydrogen) atoms. The molecule has 0 N–H and O–H groups in total. The Kier molecular flexibility index (Phi) is 7.63. The predicted molar refractivity (Wildman–Crippen MR) is 125 cm³/mol. The van der Waals surface area contributed by atoms with E-state index in [1.807, 2.05) is 6.07 Å². The Balaban J connectivity index is 3.30. The van der Waals surface area contributed by atoms with Crippen molar-refractivity contribution in [3.05, 3.63) is 23.8 Å². The number of carbonyl (C=O) groups excluding carboxylic acids is 1. The molecule has 0 bridgehead atoms. The molecular formula is C19H38O3Si4. The van der Waals surface area contributed by atoms with Crippen molar-refractivity contribution in [1.82, 2.24) is 0 Å². The fraction of sp³-hybridized carbons (Fsp3) is 0.632. The topological polar surface area (TPSA) is 35.5 Å².